The second-order valence-corrected chi connectivity index (χ2v) is 6.27. The fourth-order valence-corrected chi connectivity index (χ4v) is 3.28. The quantitative estimate of drug-likeness (QED) is 0.916. The van der Waals surface area contributed by atoms with Gasteiger partial charge in [-0.1, -0.05) is 0 Å². The zero-order valence-corrected chi connectivity index (χ0v) is 11.9. The lowest BCUT2D eigenvalue weighted by atomic mass is 9.95. The molecule has 4 heteroatoms. The van der Waals surface area contributed by atoms with E-state index in [1.807, 2.05) is 17.8 Å². The molecule has 0 atom stereocenters. The van der Waals surface area contributed by atoms with Crippen LogP contribution >= 0.6 is 27.7 Å². The van der Waals surface area contributed by atoms with Gasteiger partial charge in [-0.25, -0.2) is 0 Å². The van der Waals surface area contributed by atoms with Gasteiger partial charge >= 0.3 is 0 Å². The molecule has 1 N–H and O–H groups in total. The molecule has 0 amide bonds. The van der Waals surface area contributed by atoms with Crippen molar-refractivity contribution >= 4 is 27.7 Å². The Labute approximate surface area is 110 Å². The molecular formula is C12H18BrNOS. The number of rotatable bonds is 4. The summed E-state index contributed by atoms with van der Waals surface area (Å²) in [4.78, 5) is 0. The minimum absolute atomic E-state index is 0.667. The molecule has 1 fully saturated rings. The maximum atomic E-state index is 5.38. The van der Waals surface area contributed by atoms with Gasteiger partial charge in [0.05, 0.1) is 17.3 Å². The molecule has 1 aromatic heterocycles. The topological polar surface area (TPSA) is 25.2 Å². The van der Waals surface area contributed by atoms with Crippen LogP contribution < -0.4 is 5.32 Å². The molecule has 1 aliphatic rings. The van der Waals surface area contributed by atoms with Gasteiger partial charge in [0, 0.05) is 11.3 Å². The second kappa shape index (κ2) is 6.12. The van der Waals surface area contributed by atoms with Crippen molar-refractivity contribution in [3.63, 3.8) is 0 Å². The van der Waals surface area contributed by atoms with E-state index < -0.39 is 0 Å². The highest BCUT2D eigenvalue weighted by Gasteiger charge is 2.20. The highest BCUT2D eigenvalue weighted by molar-refractivity contribution is 9.10. The van der Waals surface area contributed by atoms with Crippen molar-refractivity contribution in [2.45, 2.75) is 43.5 Å². The van der Waals surface area contributed by atoms with Crippen molar-refractivity contribution in [2.75, 3.05) is 6.26 Å². The van der Waals surface area contributed by atoms with Gasteiger partial charge in [-0.3, -0.25) is 0 Å². The highest BCUT2D eigenvalue weighted by atomic mass is 79.9. The molecule has 0 spiro atoms. The van der Waals surface area contributed by atoms with Crippen LogP contribution in [0.2, 0.25) is 0 Å². The molecule has 2 nitrogen and oxygen atoms in total. The summed E-state index contributed by atoms with van der Waals surface area (Å²) in [5, 5.41) is 4.46. The minimum atomic E-state index is 0.667. The lowest BCUT2D eigenvalue weighted by Crippen LogP contribution is -2.33. The van der Waals surface area contributed by atoms with Gasteiger partial charge in [0.25, 0.3) is 0 Å². The highest BCUT2D eigenvalue weighted by Crippen LogP contribution is 2.27. The van der Waals surface area contributed by atoms with Gasteiger partial charge in [-0.15, -0.1) is 0 Å². The van der Waals surface area contributed by atoms with Crippen molar-refractivity contribution in [3.8, 4) is 0 Å². The van der Waals surface area contributed by atoms with Crippen LogP contribution in [0.5, 0.6) is 0 Å². The maximum absolute atomic E-state index is 5.38. The fourth-order valence-electron chi connectivity index (χ4n) is 2.19. The van der Waals surface area contributed by atoms with Crippen molar-refractivity contribution in [1.29, 1.82) is 0 Å². The van der Waals surface area contributed by atoms with E-state index in [0.717, 1.165) is 22.0 Å². The molecule has 1 heterocycles. The van der Waals surface area contributed by atoms with Gasteiger partial charge in [0.2, 0.25) is 0 Å². The zero-order chi connectivity index (χ0) is 11.4. The van der Waals surface area contributed by atoms with Crippen LogP contribution in [0.25, 0.3) is 0 Å². The molecule has 1 aromatic rings. The SMILES string of the molecule is CSC1CCC(NCc2occc2Br)CC1. The molecule has 0 aliphatic heterocycles. The van der Waals surface area contributed by atoms with Gasteiger partial charge in [-0.05, 0) is 53.9 Å². The average Bonchev–Trinajstić information content (AvgIpc) is 2.73. The van der Waals surface area contributed by atoms with Gasteiger partial charge in [0.15, 0.2) is 0 Å². The number of halogens is 1. The molecule has 0 aromatic carbocycles. The van der Waals surface area contributed by atoms with Gasteiger partial charge in [0.1, 0.15) is 5.76 Å². The van der Waals surface area contributed by atoms with E-state index in [1.54, 1.807) is 6.26 Å². The molecule has 0 bridgehead atoms. The van der Waals surface area contributed by atoms with Crippen molar-refractivity contribution in [1.82, 2.24) is 5.32 Å². The molecule has 90 valence electrons. The van der Waals surface area contributed by atoms with Crippen molar-refractivity contribution < 1.29 is 4.42 Å². The fraction of sp³-hybridized carbons (Fsp3) is 0.667. The monoisotopic (exact) mass is 303 g/mol. The number of thioether (sulfide) groups is 1. The number of hydrogen-bond donors (Lipinski definition) is 1. The Morgan fingerprint density at radius 2 is 2.19 bits per heavy atom. The summed E-state index contributed by atoms with van der Waals surface area (Å²) in [5.41, 5.74) is 0. The molecule has 1 saturated carbocycles. The Balaban J connectivity index is 1.73. The van der Waals surface area contributed by atoms with Crippen LogP contribution in [0.15, 0.2) is 21.2 Å². The summed E-state index contributed by atoms with van der Waals surface area (Å²) in [6, 6.07) is 2.61. The number of nitrogens with one attached hydrogen (secondary N) is 1. The summed E-state index contributed by atoms with van der Waals surface area (Å²) in [6.45, 7) is 0.836. The summed E-state index contributed by atoms with van der Waals surface area (Å²) in [7, 11) is 0. The van der Waals surface area contributed by atoms with Gasteiger partial charge < -0.3 is 9.73 Å². The molecule has 16 heavy (non-hydrogen) atoms. The van der Waals surface area contributed by atoms with Crippen molar-refractivity contribution in [2.24, 2.45) is 0 Å². The third-order valence-electron chi connectivity index (χ3n) is 3.25. The number of furan rings is 1. The smallest absolute Gasteiger partial charge is 0.131 e. The van der Waals surface area contributed by atoms with E-state index in [0.29, 0.717) is 6.04 Å². The summed E-state index contributed by atoms with van der Waals surface area (Å²) in [5.74, 6) is 1.01. The third kappa shape index (κ3) is 3.28. The Kier molecular flexibility index (Phi) is 4.79. The molecule has 1 aliphatic carbocycles. The van der Waals surface area contributed by atoms with Crippen LogP contribution in [0, 0.1) is 0 Å². The van der Waals surface area contributed by atoms with Crippen LogP contribution in [0.4, 0.5) is 0 Å². The first kappa shape index (κ1) is 12.5. The molecule has 0 saturated heterocycles. The maximum Gasteiger partial charge on any atom is 0.131 e. The Bertz CT molecular complexity index is 321. The normalized spacial score (nSPS) is 25.9. The van der Waals surface area contributed by atoms with E-state index >= 15 is 0 Å². The molecular weight excluding hydrogens is 286 g/mol. The third-order valence-corrected chi connectivity index (χ3v) is 5.09. The Hall–Kier alpha value is 0.0700. The first-order chi connectivity index (χ1) is 7.79. The van der Waals surface area contributed by atoms with E-state index in [1.165, 1.54) is 25.7 Å². The molecule has 2 rings (SSSR count). The van der Waals surface area contributed by atoms with Crippen molar-refractivity contribution in [3.05, 3.63) is 22.6 Å². The lowest BCUT2D eigenvalue weighted by molar-refractivity contribution is 0.361. The lowest BCUT2D eigenvalue weighted by Gasteiger charge is -2.27. The predicted octanol–water partition coefficient (Wildman–Crippen LogP) is 3.81. The summed E-state index contributed by atoms with van der Waals surface area (Å²) >= 11 is 5.49. The molecule has 0 radical (unpaired) electrons. The first-order valence-corrected chi connectivity index (χ1v) is 7.85. The van der Waals surface area contributed by atoms with Gasteiger partial charge in [-0.2, -0.15) is 11.8 Å². The minimum Gasteiger partial charge on any atom is -0.467 e. The summed E-state index contributed by atoms with van der Waals surface area (Å²) in [6.07, 6.45) is 9.23. The summed E-state index contributed by atoms with van der Waals surface area (Å²) < 4.78 is 6.45. The Morgan fingerprint density at radius 3 is 2.75 bits per heavy atom. The average molecular weight is 304 g/mol. The predicted molar refractivity (Wildman–Crippen MR) is 72.8 cm³/mol. The van der Waals surface area contributed by atoms with Crippen LogP contribution in [-0.4, -0.2) is 17.5 Å². The van der Waals surface area contributed by atoms with E-state index in [4.69, 9.17) is 4.42 Å². The zero-order valence-electron chi connectivity index (χ0n) is 9.54. The number of hydrogen-bond acceptors (Lipinski definition) is 3. The van der Waals surface area contributed by atoms with Crippen LogP contribution in [0.3, 0.4) is 0 Å². The van der Waals surface area contributed by atoms with E-state index in [2.05, 4.69) is 27.5 Å². The van der Waals surface area contributed by atoms with E-state index in [9.17, 15) is 0 Å². The van der Waals surface area contributed by atoms with E-state index in [-0.39, 0.29) is 0 Å². The second-order valence-electron chi connectivity index (χ2n) is 4.28. The molecule has 0 unspecified atom stereocenters. The largest absolute Gasteiger partial charge is 0.467 e. The van der Waals surface area contributed by atoms with Crippen LogP contribution in [0.1, 0.15) is 31.4 Å². The Morgan fingerprint density at radius 1 is 1.44 bits per heavy atom. The first-order valence-electron chi connectivity index (χ1n) is 5.77. The standard InChI is InChI=1S/C12H18BrNOS/c1-16-10-4-2-9(3-5-10)14-8-12-11(13)6-7-15-12/h6-7,9-10,14H,2-5,8H2,1H3. The van der Waals surface area contributed by atoms with Crippen LogP contribution in [-0.2, 0) is 6.54 Å².